The van der Waals surface area contributed by atoms with Gasteiger partial charge in [0.15, 0.2) is 0 Å². The first-order chi connectivity index (χ1) is 11.6. The first-order valence-corrected chi connectivity index (χ1v) is 8.35. The third-order valence-electron chi connectivity index (χ3n) is 4.05. The SMILES string of the molecule is CCc1ncncc1C(O)(c1ccc(Cl)cc1)c1ccccc1Cl. The van der Waals surface area contributed by atoms with Gasteiger partial charge in [-0.3, -0.25) is 0 Å². The number of benzene rings is 2. The van der Waals surface area contributed by atoms with Crippen LogP contribution in [0, 0.1) is 0 Å². The Balaban J connectivity index is 2.33. The van der Waals surface area contributed by atoms with Gasteiger partial charge < -0.3 is 5.11 Å². The van der Waals surface area contributed by atoms with Gasteiger partial charge in [0.05, 0.1) is 5.69 Å². The molecule has 2 aromatic carbocycles. The van der Waals surface area contributed by atoms with E-state index < -0.39 is 5.60 Å². The summed E-state index contributed by atoms with van der Waals surface area (Å²) in [6.07, 6.45) is 3.79. The second-order valence-corrected chi connectivity index (χ2v) is 6.28. The number of aliphatic hydroxyl groups is 1. The van der Waals surface area contributed by atoms with Crippen molar-refractivity contribution in [2.45, 2.75) is 18.9 Å². The van der Waals surface area contributed by atoms with Crippen LogP contribution < -0.4 is 0 Å². The third-order valence-corrected chi connectivity index (χ3v) is 4.63. The molecule has 3 aromatic rings. The maximum atomic E-state index is 11.8. The van der Waals surface area contributed by atoms with Crippen LogP contribution in [0.4, 0.5) is 0 Å². The minimum atomic E-state index is -1.46. The minimum Gasteiger partial charge on any atom is -0.376 e. The molecule has 0 saturated carbocycles. The fourth-order valence-electron chi connectivity index (χ4n) is 2.84. The predicted molar refractivity (Wildman–Crippen MR) is 96.4 cm³/mol. The van der Waals surface area contributed by atoms with E-state index in [4.69, 9.17) is 23.2 Å². The summed E-state index contributed by atoms with van der Waals surface area (Å²) in [6.45, 7) is 1.99. The Kier molecular flexibility index (Phi) is 4.86. The monoisotopic (exact) mass is 358 g/mol. The topological polar surface area (TPSA) is 46.0 Å². The first-order valence-electron chi connectivity index (χ1n) is 7.60. The molecule has 1 aromatic heterocycles. The largest absolute Gasteiger partial charge is 0.376 e. The zero-order chi connectivity index (χ0) is 17.2. The number of halogens is 2. The van der Waals surface area contributed by atoms with Crippen LogP contribution in [-0.2, 0) is 12.0 Å². The Bertz CT molecular complexity index is 852. The molecule has 3 nitrogen and oxygen atoms in total. The van der Waals surface area contributed by atoms with Crippen molar-refractivity contribution in [3.63, 3.8) is 0 Å². The lowest BCUT2D eigenvalue weighted by atomic mass is 9.80. The van der Waals surface area contributed by atoms with Crippen LogP contribution in [0.1, 0.15) is 29.3 Å². The Hall–Kier alpha value is -1.94. The summed E-state index contributed by atoms with van der Waals surface area (Å²) < 4.78 is 0. The molecule has 1 N–H and O–H groups in total. The van der Waals surface area contributed by atoms with E-state index >= 15 is 0 Å². The molecule has 0 spiro atoms. The molecule has 1 atom stereocenters. The van der Waals surface area contributed by atoms with Crippen molar-refractivity contribution in [1.82, 2.24) is 9.97 Å². The van der Waals surface area contributed by atoms with Crippen LogP contribution in [0.15, 0.2) is 61.1 Å². The maximum absolute atomic E-state index is 11.8. The van der Waals surface area contributed by atoms with E-state index in [0.717, 1.165) is 5.69 Å². The van der Waals surface area contributed by atoms with Gasteiger partial charge in [-0.05, 0) is 30.2 Å². The summed E-state index contributed by atoms with van der Waals surface area (Å²) in [6, 6.07) is 14.3. The molecule has 0 radical (unpaired) electrons. The molecule has 0 bridgehead atoms. The van der Waals surface area contributed by atoms with Crippen LogP contribution in [0.25, 0.3) is 0 Å². The predicted octanol–water partition coefficient (Wildman–Crippen LogP) is 4.63. The van der Waals surface area contributed by atoms with Crippen LogP contribution in [0.3, 0.4) is 0 Å². The summed E-state index contributed by atoms with van der Waals surface area (Å²) in [7, 11) is 0. The number of rotatable bonds is 4. The Labute approximate surface area is 150 Å². The highest BCUT2D eigenvalue weighted by molar-refractivity contribution is 6.31. The lowest BCUT2D eigenvalue weighted by Gasteiger charge is -2.31. The number of aryl methyl sites for hydroxylation is 1. The van der Waals surface area contributed by atoms with Gasteiger partial charge in [-0.1, -0.05) is 60.5 Å². The average Bonchev–Trinajstić information content (AvgIpc) is 2.62. The Morgan fingerprint density at radius 3 is 2.38 bits per heavy atom. The van der Waals surface area contributed by atoms with E-state index in [-0.39, 0.29) is 0 Å². The first kappa shape index (κ1) is 16.9. The van der Waals surface area contributed by atoms with E-state index in [0.29, 0.717) is 33.2 Å². The molecular formula is C19H16Cl2N2O. The minimum absolute atomic E-state index is 0.473. The summed E-state index contributed by atoms with van der Waals surface area (Å²) >= 11 is 12.4. The van der Waals surface area contributed by atoms with E-state index in [1.54, 1.807) is 36.5 Å². The van der Waals surface area contributed by atoms with E-state index in [2.05, 4.69) is 9.97 Å². The molecule has 0 aliphatic heterocycles. The normalized spacial score (nSPS) is 13.5. The Morgan fingerprint density at radius 1 is 1.00 bits per heavy atom. The fourth-order valence-corrected chi connectivity index (χ4v) is 3.24. The lowest BCUT2D eigenvalue weighted by Crippen LogP contribution is -2.31. The van der Waals surface area contributed by atoms with Crippen molar-refractivity contribution in [2.24, 2.45) is 0 Å². The zero-order valence-electron chi connectivity index (χ0n) is 13.1. The standard InChI is InChI=1S/C19H16Cl2N2O/c1-2-18-16(11-22-12-23-18)19(24,13-7-9-14(20)10-8-13)15-5-3-4-6-17(15)21/h3-12,24H,2H2,1H3. The van der Waals surface area contributed by atoms with Crippen LogP contribution in [-0.4, -0.2) is 15.1 Å². The van der Waals surface area contributed by atoms with E-state index in [1.807, 2.05) is 25.1 Å². The Morgan fingerprint density at radius 2 is 1.71 bits per heavy atom. The van der Waals surface area contributed by atoms with Crippen LogP contribution >= 0.6 is 23.2 Å². The maximum Gasteiger partial charge on any atom is 0.145 e. The molecule has 0 amide bonds. The quantitative estimate of drug-likeness (QED) is 0.739. The number of hydrogen-bond donors (Lipinski definition) is 1. The van der Waals surface area contributed by atoms with Gasteiger partial charge in [-0.15, -0.1) is 0 Å². The molecule has 1 heterocycles. The highest BCUT2D eigenvalue weighted by atomic mass is 35.5. The molecule has 24 heavy (non-hydrogen) atoms. The molecule has 0 aliphatic rings. The second kappa shape index (κ2) is 6.89. The van der Waals surface area contributed by atoms with Gasteiger partial charge in [0.25, 0.3) is 0 Å². The molecule has 122 valence electrons. The van der Waals surface area contributed by atoms with Crippen molar-refractivity contribution < 1.29 is 5.11 Å². The van der Waals surface area contributed by atoms with Crippen LogP contribution in [0.2, 0.25) is 10.0 Å². The van der Waals surface area contributed by atoms with Gasteiger partial charge in [0.1, 0.15) is 11.9 Å². The molecule has 3 rings (SSSR count). The van der Waals surface area contributed by atoms with Gasteiger partial charge in [-0.25, -0.2) is 9.97 Å². The van der Waals surface area contributed by atoms with Crippen LogP contribution in [0.5, 0.6) is 0 Å². The van der Waals surface area contributed by atoms with Gasteiger partial charge in [0, 0.05) is 27.4 Å². The third kappa shape index (κ3) is 2.91. The molecule has 0 fully saturated rings. The summed E-state index contributed by atoms with van der Waals surface area (Å²) in [5.74, 6) is 0. The van der Waals surface area contributed by atoms with Crippen molar-refractivity contribution >= 4 is 23.2 Å². The molecule has 1 unspecified atom stereocenters. The lowest BCUT2D eigenvalue weighted by molar-refractivity contribution is 0.124. The summed E-state index contributed by atoms with van der Waals surface area (Å²) in [4.78, 5) is 8.44. The number of nitrogens with zero attached hydrogens (tertiary/aromatic N) is 2. The number of hydrogen-bond acceptors (Lipinski definition) is 3. The van der Waals surface area contributed by atoms with Crippen molar-refractivity contribution in [3.05, 3.63) is 93.5 Å². The van der Waals surface area contributed by atoms with E-state index in [9.17, 15) is 5.11 Å². The molecule has 5 heteroatoms. The fraction of sp³-hybridized carbons (Fsp3) is 0.158. The smallest absolute Gasteiger partial charge is 0.145 e. The highest BCUT2D eigenvalue weighted by Crippen LogP contribution is 2.41. The highest BCUT2D eigenvalue weighted by Gasteiger charge is 2.37. The average molecular weight is 359 g/mol. The molecule has 0 saturated heterocycles. The summed E-state index contributed by atoms with van der Waals surface area (Å²) in [5.41, 5.74) is 1.16. The number of aromatic nitrogens is 2. The van der Waals surface area contributed by atoms with Crippen molar-refractivity contribution in [2.75, 3.05) is 0 Å². The van der Waals surface area contributed by atoms with Crippen molar-refractivity contribution in [3.8, 4) is 0 Å². The molecule has 0 aliphatic carbocycles. The van der Waals surface area contributed by atoms with Crippen molar-refractivity contribution in [1.29, 1.82) is 0 Å². The van der Waals surface area contributed by atoms with Gasteiger partial charge in [0.2, 0.25) is 0 Å². The zero-order valence-corrected chi connectivity index (χ0v) is 14.6. The van der Waals surface area contributed by atoms with Gasteiger partial charge >= 0.3 is 0 Å². The van der Waals surface area contributed by atoms with E-state index in [1.165, 1.54) is 6.33 Å². The summed E-state index contributed by atoms with van der Waals surface area (Å²) in [5, 5.41) is 12.9. The van der Waals surface area contributed by atoms with Gasteiger partial charge in [-0.2, -0.15) is 0 Å². The molecular weight excluding hydrogens is 343 g/mol. The second-order valence-electron chi connectivity index (χ2n) is 5.43.